The number of hydrogen-bond acceptors (Lipinski definition) is 10. The number of aliphatic imine (C=N–C) groups is 1. The molecule has 0 spiro atoms. The first kappa shape index (κ1) is 31.4. The molecule has 0 saturated heterocycles. The summed E-state index contributed by atoms with van der Waals surface area (Å²) in [5.41, 5.74) is -0.00000509. The highest BCUT2D eigenvalue weighted by molar-refractivity contribution is 6.37. The molecule has 0 bridgehead atoms. The molecule has 1 N–H and O–H groups in total. The Morgan fingerprint density at radius 3 is 2.08 bits per heavy atom. The molecule has 0 atom stereocenters. The first-order valence-electron chi connectivity index (χ1n) is 13.1. The van der Waals surface area contributed by atoms with E-state index in [1.54, 1.807) is 0 Å². The Hall–Kier alpha value is -2.82. The van der Waals surface area contributed by atoms with Crippen LogP contribution in [-0.4, -0.2) is 104 Å². The van der Waals surface area contributed by atoms with Crippen molar-refractivity contribution in [2.45, 2.75) is 59.4 Å². The second-order valence-corrected chi connectivity index (χ2v) is 11.3. The largest absolute Gasteiger partial charge is 0.460 e. The Kier molecular flexibility index (Phi) is 12.3. The van der Waals surface area contributed by atoms with Crippen molar-refractivity contribution >= 4 is 23.6 Å². The lowest BCUT2D eigenvalue weighted by Gasteiger charge is -2.28. The number of rotatable bonds is 7. The third-order valence-corrected chi connectivity index (χ3v) is 5.35. The van der Waals surface area contributed by atoms with Crippen LogP contribution in [0.2, 0.25) is 0 Å². The number of carbonyl (C=O) groups excluding carboxylic acids is 3. The highest BCUT2D eigenvalue weighted by Gasteiger charge is 2.23. The van der Waals surface area contributed by atoms with Gasteiger partial charge in [0.15, 0.2) is 0 Å². The smallest absolute Gasteiger partial charge is 0.354 e. The predicted octanol–water partition coefficient (Wildman–Crippen LogP) is 2.06. The van der Waals surface area contributed by atoms with Gasteiger partial charge in [-0.1, -0.05) is 30.3 Å². The normalized spacial score (nSPS) is 16.9. The van der Waals surface area contributed by atoms with Crippen LogP contribution in [-0.2, 0) is 35.2 Å². The van der Waals surface area contributed by atoms with Crippen molar-refractivity contribution in [3.63, 3.8) is 0 Å². The van der Waals surface area contributed by atoms with Gasteiger partial charge in [0.25, 0.3) is 0 Å². The van der Waals surface area contributed by atoms with E-state index in [-0.39, 0.29) is 38.2 Å². The van der Waals surface area contributed by atoms with E-state index in [0.717, 1.165) is 5.56 Å². The molecule has 2 rings (SSSR count). The van der Waals surface area contributed by atoms with Gasteiger partial charge in [-0.25, -0.2) is 4.79 Å². The highest BCUT2D eigenvalue weighted by Crippen LogP contribution is 2.09. The fraction of sp³-hybridized carbons (Fsp3) is 0.643. The second kappa shape index (κ2) is 14.9. The zero-order valence-electron chi connectivity index (χ0n) is 23.7. The Balaban J connectivity index is 2.09. The first-order chi connectivity index (χ1) is 17.8. The third-order valence-electron chi connectivity index (χ3n) is 5.35. The van der Waals surface area contributed by atoms with Crippen molar-refractivity contribution in [2.24, 2.45) is 4.99 Å². The first-order valence-corrected chi connectivity index (χ1v) is 13.1. The quantitative estimate of drug-likeness (QED) is 0.417. The zero-order valence-corrected chi connectivity index (χ0v) is 23.7. The van der Waals surface area contributed by atoms with Crippen LogP contribution in [0.1, 0.15) is 47.1 Å². The molecule has 10 heteroatoms. The molecule has 1 aliphatic heterocycles. The Labute approximate surface area is 226 Å². The lowest BCUT2D eigenvalue weighted by atomic mass is 10.2. The molecule has 0 amide bonds. The van der Waals surface area contributed by atoms with Crippen LogP contribution in [0.5, 0.6) is 0 Å². The molecule has 1 aromatic carbocycles. The monoisotopic (exact) mass is 532 g/mol. The maximum Gasteiger partial charge on any atom is 0.354 e. The Morgan fingerprint density at radius 1 is 0.842 bits per heavy atom. The molecule has 0 saturated carbocycles. The van der Waals surface area contributed by atoms with Crippen LogP contribution in [0.4, 0.5) is 0 Å². The number of nitrogens with one attached hydrogen (secondary N) is 1. The average molecular weight is 533 g/mol. The molecule has 0 aliphatic carbocycles. The number of esters is 3. The third kappa shape index (κ3) is 13.6. The Morgan fingerprint density at radius 2 is 1.45 bits per heavy atom. The second-order valence-electron chi connectivity index (χ2n) is 11.3. The van der Waals surface area contributed by atoms with Crippen LogP contribution in [0.3, 0.4) is 0 Å². The maximum absolute atomic E-state index is 12.7. The summed E-state index contributed by atoms with van der Waals surface area (Å²) < 4.78 is 16.5. The van der Waals surface area contributed by atoms with Crippen molar-refractivity contribution in [1.29, 1.82) is 0 Å². The van der Waals surface area contributed by atoms with Crippen LogP contribution in [0.25, 0.3) is 0 Å². The van der Waals surface area contributed by atoms with Crippen LogP contribution in [0, 0.1) is 0 Å². The summed E-state index contributed by atoms with van der Waals surface area (Å²) in [5.74, 6) is -1.13. The minimum atomic E-state index is -0.637. The van der Waals surface area contributed by atoms with E-state index < -0.39 is 17.2 Å². The summed E-state index contributed by atoms with van der Waals surface area (Å²) >= 11 is 0. The van der Waals surface area contributed by atoms with Gasteiger partial charge in [0.2, 0.25) is 0 Å². The van der Waals surface area contributed by atoms with E-state index in [0.29, 0.717) is 45.0 Å². The summed E-state index contributed by atoms with van der Waals surface area (Å²) in [6, 6.07) is 9.51. The van der Waals surface area contributed by atoms with Gasteiger partial charge in [0.05, 0.1) is 19.6 Å². The molecule has 0 unspecified atom stereocenters. The summed E-state index contributed by atoms with van der Waals surface area (Å²) in [4.78, 5) is 46.2. The van der Waals surface area contributed by atoms with Crippen molar-refractivity contribution in [1.82, 2.24) is 15.1 Å². The van der Waals surface area contributed by atoms with Crippen molar-refractivity contribution in [3.8, 4) is 0 Å². The molecule has 1 aromatic rings. The molecule has 0 aromatic heterocycles. The van der Waals surface area contributed by atoms with E-state index in [9.17, 15) is 14.4 Å². The molecule has 1 aliphatic rings. The molecule has 10 nitrogen and oxygen atoms in total. The fourth-order valence-electron chi connectivity index (χ4n) is 3.65. The number of carbonyl (C=O) groups is 3. The van der Waals surface area contributed by atoms with Gasteiger partial charge in [-0.05, 0) is 47.1 Å². The Bertz CT molecular complexity index is 937. The molecule has 0 fully saturated rings. The fourth-order valence-corrected chi connectivity index (χ4v) is 3.65. The lowest BCUT2D eigenvalue weighted by Crippen LogP contribution is -2.45. The number of ether oxygens (including phenoxy) is 3. The van der Waals surface area contributed by atoms with Crippen molar-refractivity contribution in [2.75, 3.05) is 58.9 Å². The van der Waals surface area contributed by atoms with Gasteiger partial charge >= 0.3 is 17.9 Å². The molecule has 0 radical (unpaired) electrons. The predicted molar refractivity (Wildman–Crippen MR) is 146 cm³/mol. The topological polar surface area (TPSA) is 110 Å². The summed E-state index contributed by atoms with van der Waals surface area (Å²) in [7, 11) is 0. The standard InChI is InChI=1S/C28H44N4O6/c1-27(2,3)37-25(34)20-31-14-12-29-18-23(26(35)38-28(4,5)6)30-13-15-32(17-16-31)19-24(33)36-21-22-10-8-7-9-11-22/h7-11,29H,12-21H2,1-6H3. The number of nitrogens with zero attached hydrogens (tertiary/aromatic N) is 3. The van der Waals surface area contributed by atoms with Gasteiger partial charge in [-0.15, -0.1) is 0 Å². The molecule has 1 heterocycles. The van der Waals surface area contributed by atoms with E-state index in [4.69, 9.17) is 14.2 Å². The van der Waals surface area contributed by atoms with E-state index in [1.807, 2.05) is 81.7 Å². The molecular formula is C28H44N4O6. The lowest BCUT2D eigenvalue weighted by molar-refractivity contribution is -0.156. The van der Waals surface area contributed by atoms with E-state index in [1.165, 1.54) is 0 Å². The SMILES string of the molecule is CC(C)(C)OC(=O)CN1CCNCC(C(=O)OC(C)(C)C)=NCCN(CC(=O)OCc2ccccc2)CC1. The molecule has 38 heavy (non-hydrogen) atoms. The van der Waals surface area contributed by atoms with E-state index >= 15 is 0 Å². The average Bonchev–Trinajstić information content (AvgIpc) is 2.79. The van der Waals surface area contributed by atoms with Gasteiger partial charge < -0.3 is 19.5 Å². The highest BCUT2D eigenvalue weighted by atomic mass is 16.6. The summed E-state index contributed by atoms with van der Waals surface area (Å²) in [5, 5.41) is 3.23. The van der Waals surface area contributed by atoms with Gasteiger partial charge in [0, 0.05) is 39.3 Å². The molecular weight excluding hydrogens is 488 g/mol. The van der Waals surface area contributed by atoms with Gasteiger partial charge in [0.1, 0.15) is 23.5 Å². The molecule has 212 valence electrons. The summed E-state index contributed by atoms with van der Waals surface area (Å²) in [6.45, 7) is 14.5. The van der Waals surface area contributed by atoms with Gasteiger partial charge in [-0.3, -0.25) is 24.4 Å². The maximum atomic E-state index is 12.7. The number of hydrogen-bond donors (Lipinski definition) is 1. The van der Waals surface area contributed by atoms with Crippen LogP contribution in [0.15, 0.2) is 35.3 Å². The van der Waals surface area contributed by atoms with Crippen LogP contribution >= 0.6 is 0 Å². The number of benzene rings is 1. The summed E-state index contributed by atoms with van der Waals surface area (Å²) in [6.07, 6.45) is 0. The van der Waals surface area contributed by atoms with E-state index in [2.05, 4.69) is 10.3 Å². The van der Waals surface area contributed by atoms with Gasteiger partial charge in [-0.2, -0.15) is 0 Å². The van der Waals surface area contributed by atoms with Crippen LogP contribution < -0.4 is 5.32 Å². The minimum absolute atomic E-state index is 0.0721. The van der Waals surface area contributed by atoms with Crippen molar-refractivity contribution < 1.29 is 28.6 Å². The zero-order chi connectivity index (χ0) is 28.2. The minimum Gasteiger partial charge on any atom is -0.460 e. The van der Waals surface area contributed by atoms with Crippen molar-refractivity contribution in [3.05, 3.63) is 35.9 Å².